The highest BCUT2D eigenvalue weighted by molar-refractivity contribution is 5.85. The fourth-order valence-electron chi connectivity index (χ4n) is 6.84. The fourth-order valence-corrected chi connectivity index (χ4v) is 6.84. The monoisotopic (exact) mass is 306 g/mol. The van der Waals surface area contributed by atoms with E-state index in [0.717, 1.165) is 32.1 Å². The van der Waals surface area contributed by atoms with E-state index in [2.05, 4.69) is 13.8 Å². The molecule has 4 bridgehead atoms. The normalized spacial score (nSPS) is 46.8. The molecule has 0 saturated heterocycles. The summed E-state index contributed by atoms with van der Waals surface area (Å²) in [6.07, 6.45) is 7.98. The summed E-state index contributed by atoms with van der Waals surface area (Å²) in [6.45, 7) is 6.10. The van der Waals surface area contributed by atoms with Gasteiger partial charge in [-0.1, -0.05) is 19.9 Å². The number of carbonyl (C=O) groups is 2. The summed E-state index contributed by atoms with van der Waals surface area (Å²) in [5.74, 6) is -1.53. The van der Waals surface area contributed by atoms with Gasteiger partial charge in [-0.25, -0.2) is 4.79 Å². The average molecular weight is 306 g/mol. The van der Waals surface area contributed by atoms with Crippen molar-refractivity contribution in [3.63, 3.8) is 0 Å². The van der Waals surface area contributed by atoms with Crippen molar-refractivity contribution in [1.82, 2.24) is 0 Å². The number of hydrogen-bond donors (Lipinski definition) is 2. The SMILES string of the molecule is CC(=CCC12CC3(C)CC(C)(C1)CC(C(=O)O)(C3)C2)C(=O)O. The first-order chi connectivity index (χ1) is 10.0. The fraction of sp³-hybridized carbons (Fsp3) is 0.778. The van der Waals surface area contributed by atoms with Crippen LogP contribution in [0.5, 0.6) is 0 Å². The minimum Gasteiger partial charge on any atom is -0.481 e. The molecule has 0 aromatic heterocycles. The molecular weight excluding hydrogens is 280 g/mol. The van der Waals surface area contributed by atoms with E-state index in [1.165, 1.54) is 0 Å². The molecule has 0 heterocycles. The zero-order valence-corrected chi connectivity index (χ0v) is 13.7. The molecule has 4 aliphatic rings. The van der Waals surface area contributed by atoms with Crippen LogP contribution in [-0.2, 0) is 9.59 Å². The first-order valence-electron chi connectivity index (χ1n) is 8.15. The van der Waals surface area contributed by atoms with E-state index in [4.69, 9.17) is 5.11 Å². The van der Waals surface area contributed by atoms with Crippen LogP contribution in [0.2, 0.25) is 0 Å². The summed E-state index contributed by atoms with van der Waals surface area (Å²) >= 11 is 0. The molecule has 22 heavy (non-hydrogen) atoms. The van der Waals surface area contributed by atoms with E-state index in [-0.39, 0.29) is 16.2 Å². The summed E-state index contributed by atoms with van der Waals surface area (Å²) in [5, 5.41) is 19.0. The third kappa shape index (κ3) is 2.27. The summed E-state index contributed by atoms with van der Waals surface area (Å²) in [5.41, 5.74) is -0.0774. The van der Waals surface area contributed by atoms with Crippen LogP contribution in [-0.4, -0.2) is 22.2 Å². The van der Waals surface area contributed by atoms with E-state index in [0.29, 0.717) is 18.4 Å². The van der Waals surface area contributed by atoms with Gasteiger partial charge in [0, 0.05) is 5.57 Å². The molecule has 2 atom stereocenters. The van der Waals surface area contributed by atoms with Crippen molar-refractivity contribution in [2.24, 2.45) is 21.7 Å². The van der Waals surface area contributed by atoms with Crippen LogP contribution >= 0.6 is 0 Å². The quantitative estimate of drug-likeness (QED) is 0.773. The minimum atomic E-state index is -0.880. The maximum absolute atomic E-state index is 12.0. The highest BCUT2D eigenvalue weighted by Gasteiger charge is 2.67. The Morgan fingerprint density at radius 1 is 0.955 bits per heavy atom. The van der Waals surface area contributed by atoms with E-state index in [1.807, 2.05) is 6.08 Å². The Morgan fingerprint density at radius 2 is 1.50 bits per heavy atom. The Labute approximate surface area is 131 Å². The standard InChI is InChI=1S/C18H26O4/c1-12(13(19)20)4-5-17-7-15(2)6-16(3,8-17)10-18(9-15,11-17)14(21)22/h4H,5-11H2,1-3H3,(H,19,20)(H,21,22). The van der Waals surface area contributed by atoms with Gasteiger partial charge in [0.2, 0.25) is 0 Å². The third-order valence-corrected chi connectivity index (χ3v) is 6.33. The number of rotatable bonds is 4. The zero-order valence-electron chi connectivity index (χ0n) is 13.7. The van der Waals surface area contributed by atoms with Crippen molar-refractivity contribution >= 4 is 11.9 Å². The lowest BCUT2D eigenvalue weighted by atomic mass is 9.35. The van der Waals surface area contributed by atoms with Crippen molar-refractivity contribution in [2.75, 3.05) is 0 Å². The maximum atomic E-state index is 12.0. The van der Waals surface area contributed by atoms with Crippen LogP contribution in [0.3, 0.4) is 0 Å². The van der Waals surface area contributed by atoms with Crippen LogP contribution in [0, 0.1) is 21.7 Å². The van der Waals surface area contributed by atoms with Crippen molar-refractivity contribution in [1.29, 1.82) is 0 Å². The molecule has 0 amide bonds. The number of aliphatic carboxylic acids is 2. The van der Waals surface area contributed by atoms with Gasteiger partial charge in [0.15, 0.2) is 0 Å². The van der Waals surface area contributed by atoms with Crippen molar-refractivity contribution in [2.45, 2.75) is 65.7 Å². The molecule has 122 valence electrons. The van der Waals surface area contributed by atoms with Crippen molar-refractivity contribution in [3.8, 4) is 0 Å². The van der Waals surface area contributed by atoms with E-state index >= 15 is 0 Å². The van der Waals surface area contributed by atoms with Crippen molar-refractivity contribution < 1.29 is 19.8 Å². The predicted octanol–water partition coefficient (Wildman–Crippen LogP) is 3.86. The molecule has 4 nitrogen and oxygen atoms in total. The van der Waals surface area contributed by atoms with Gasteiger partial charge >= 0.3 is 11.9 Å². The maximum Gasteiger partial charge on any atom is 0.330 e. The van der Waals surface area contributed by atoms with Gasteiger partial charge in [0.1, 0.15) is 0 Å². The van der Waals surface area contributed by atoms with Crippen LogP contribution in [0.1, 0.15) is 65.7 Å². The summed E-state index contributed by atoms with van der Waals surface area (Å²) in [4.78, 5) is 23.1. The Balaban J connectivity index is 1.97. The molecule has 0 aliphatic heterocycles. The minimum absolute atomic E-state index is 0.0344. The number of hydrogen-bond acceptors (Lipinski definition) is 2. The molecule has 4 rings (SSSR count). The molecule has 2 unspecified atom stereocenters. The van der Waals surface area contributed by atoms with Gasteiger partial charge in [0.25, 0.3) is 0 Å². The molecule has 2 N–H and O–H groups in total. The smallest absolute Gasteiger partial charge is 0.330 e. The average Bonchev–Trinajstić information content (AvgIpc) is 2.31. The molecule has 0 aromatic carbocycles. The van der Waals surface area contributed by atoms with E-state index in [1.54, 1.807) is 6.92 Å². The molecule has 4 saturated carbocycles. The summed E-state index contributed by atoms with van der Waals surface area (Å²) < 4.78 is 0. The second kappa shape index (κ2) is 4.36. The van der Waals surface area contributed by atoms with Crippen LogP contribution < -0.4 is 0 Å². The topological polar surface area (TPSA) is 74.6 Å². The molecule has 0 radical (unpaired) electrons. The summed E-state index contributed by atoms with van der Waals surface area (Å²) in [7, 11) is 0. The molecule has 0 spiro atoms. The van der Waals surface area contributed by atoms with Gasteiger partial charge in [0.05, 0.1) is 5.41 Å². The Bertz CT molecular complexity index is 556. The van der Waals surface area contributed by atoms with Gasteiger partial charge in [-0.2, -0.15) is 0 Å². The Kier molecular flexibility index (Phi) is 3.09. The second-order valence-electron chi connectivity index (χ2n) is 9.16. The molecule has 4 fully saturated rings. The second-order valence-corrected chi connectivity index (χ2v) is 9.16. The highest BCUT2D eigenvalue weighted by atomic mass is 16.4. The largest absolute Gasteiger partial charge is 0.481 e. The van der Waals surface area contributed by atoms with Gasteiger partial charge < -0.3 is 10.2 Å². The number of carboxylic acids is 2. The predicted molar refractivity (Wildman–Crippen MR) is 82.4 cm³/mol. The van der Waals surface area contributed by atoms with E-state index in [9.17, 15) is 14.7 Å². The first-order valence-corrected chi connectivity index (χ1v) is 8.15. The Morgan fingerprint density at radius 3 is 1.95 bits per heavy atom. The first kappa shape index (κ1) is 15.6. The van der Waals surface area contributed by atoms with Crippen LogP contribution in [0.4, 0.5) is 0 Å². The molecule has 4 heteroatoms. The Hall–Kier alpha value is -1.32. The molecule has 4 aliphatic carbocycles. The lowest BCUT2D eigenvalue weighted by molar-refractivity contribution is -0.207. The lowest BCUT2D eigenvalue weighted by Crippen LogP contribution is -2.61. The van der Waals surface area contributed by atoms with Crippen molar-refractivity contribution in [3.05, 3.63) is 11.6 Å². The zero-order chi connectivity index (χ0) is 16.4. The highest BCUT2D eigenvalue weighted by Crippen LogP contribution is 2.74. The number of allylic oxidation sites excluding steroid dienone is 1. The van der Waals surface area contributed by atoms with Gasteiger partial charge in [-0.05, 0) is 68.1 Å². The summed E-state index contributed by atoms with van der Waals surface area (Å²) in [6, 6.07) is 0. The van der Waals surface area contributed by atoms with E-state index < -0.39 is 17.4 Å². The molecule has 0 aromatic rings. The number of carboxylic acid groups (broad SMARTS) is 2. The third-order valence-electron chi connectivity index (χ3n) is 6.33. The molecular formula is C18H26O4. The van der Waals surface area contributed by atoms with Gasteiger partial charge in [-0.3, -0.25) is 4.79 Å². The van der Waals surface area contributed by atoms with Crippen LogP contribution in [0.15, 0.2) is 11.6 Å². The van der Waals surface area contributed by atoms with Gasteiger partial charge in [-0.15, -0.1) is 0 Å². The van der Waals surface area contributed by atoms with Crippen LogP contribution in [0.25, 0.3) is 0 Å². The lowest BCUT2D eigenvalue weighted by Gasteiger charge is -2.68.